The van der Waals surface area contributed by atoms with Gasteiger partial charge in [-0.25, -0.2) is 0 Å². The van der Waals surface area contributed by atoms with E-state index in [4.69, 9.17) is 9.15 Å². The zero-order chi connectivity index (χ0) is 22.3. The lowest BCUT2D eigenvalue weighted by molar-refractivity contribution is -0.152. The molecule has 4 rings (SSSR count). The van der Waals surface area contributed by atoms with Gasteiger partial charge in [0.1, 0.15) is 11.3 Å². The van der Waals surface area contributed by atoms with Gasteiger partial charge in [-0.2, -0.15) is 13.2 Å². The molecule has 2 atom stereocenters. The van der Waals surface area contributed by atoms with Crippen LogP contribution in [0.1, 0.15) is 25.2 Å². The molecule has 1 aromatic heterocycles. The predicted octanol–water partition coefficient (Wildman–Crippen LogP) is 4.79. The maximum absolute atomic E-state index is 13.9. The third-order valence-corrected chi connectivity index (χ3v) is 5.34. The highest BCUT2D eigenvalue weighted by molar-refractivity contribution is 5.86. The van der Waals surface area contributed by atoms with Gasteiger partial charge < -0.3 is 14.3 Å². The van der Waals surface area contributed by atoms with Gasteiger partial charge in [0.25, 0.3) is 0 Å². The van der Waals surface area contributed by atoms with E-state index in [-0.39, 0.29) is 46.6 Å². The van der Waals surface area contributed by atoms with Gasteiger partial charge in [0.15, 0.2) is 0 Å². The lowest BCUT2D eigenvalue weighted by Gasteiger charge is -2.35. The number of rotatable bonds is 3. The summed E-state index contributed by atoms with van der Waals surface area (Å²) in [6, 6.07) is 10.3. The second-order valence-electron chi connectivity index (χ2n) is 7.89. The fourth-order valence-electron chi connectivity index (χ4n) is 4.16. The smallest absolute Gasteiger partial charge is 0.450 e. The van der Waals surface area contributed by atoms with Crippen LogP contribution in [0.25, 0.3) is 22.1 Å². The normalized spacial score (nSPS) is 20.3. The molecule has 0 amide bonds. The lowest BCUT2D eigenvalue weighted by Crippen LogP contribution is -2.44. The van der Waals surface area contributed by atoms with E-state index in [1.54, 1.807) is 18.2 Å². The molecule has 0 saturated carbocycles. The quantitative estimate of drug-likeness (QED) is 0.643. The molecule has 1 aliphatic rings. The van der Waals surface area contributed by atoms with E-state index in [0.717, 1.165) is 0 Å². The number of halogens is 3. The molecular formula is C23H22F3NO4. The first-order valence-corrected chi connectivity index (χ1v) is 9.97. The highest BCUT2D eigenvalue weighted by Gasteiger charge is 2.40. The van der Waals surface area contributed by atoms with Crippen molar-refractivity contribution in [2.24, 2.45) is 0 Å². The number of nitrogens with zero attached hydrogens (tertiary/aromatic N) is 1. The van der Waals surface area contributed by atoms with E-state index < -0.39 is 22.9 Å². The minimum Gasteiger partial charge on any atom is -0.507 e. The Labute approximate surface area is 176 Å². The third-order valence-electron chi connectivity index (χ3n) is 5.34. The molecule has 0 spiro atoms. The molecular weight excluding hydrogens is 411 g/mol. The molecule has 1 aliphatic heterocycles. The summed E-state index contributed by atoms with van der Waals surface area (Å²) >= 11 is 0. The van der Waals surface area contributed by atoms with E-state index in [0.29, 0.717) is 13.1 Å². The lowest BCUT2D eigenvalue weighted by atomic mass is 10.00. The Kier molecular flexibility index (Phi) is 5.53. The molecule has 2 heterocycles. The van der Waals surface area contributed by atoms with Crippen LogP contribution in [0.3, 0.4) is 0 Å². The number of fused-ring (bicyclic) bond motifs is 1. The minimum atomic E-state index is -4.89. The number of phenols is 1. The van der Waals surface area contributed by atoms with E-state index in [1.807, 2.05) is 18.7 Å². The van der Waals surface area contributed by atoms with Gasteiger partial charge in [-0.1, -0.05) is 30.3 Å². The van der Waals surface area contributed by atoms with Crippen LogP contribution in [0.4, 0.5) is 13.2 Å². The largest absolute Gasteiger partial charge is 0.507 e. The fourth-order valence-corrected chi connectivity index (χ4v) is 4.16. The Balaban J connectivity index is 1.92. The predicted molar refractivity (Wildman–Crippen MR) is 110 cm³/mol. The zero-order valence-corrected chi connectivity index (χ0v) is 17.1. The van der Waals surface area contributed by atoms with Crippen LogP contribution in [0.5, 0.6) is 5.75 Å². The van der Waals surface area contributed by atoms with Gasteiger partial charge in [-0.3, -0.25) is 9.69 Å². The molecule has 0 bridgehead atoms. The van der Waals surface area contributed by atoms with Crippen molar-refractivity contribution in [3.8, 4) is 16.9 Å². The molecule has 164 valence electrons. The summed E-state index contributed by atoms with van der Waals surface area (Å²) in [7, 11) is 0. The minimum absolute atomic E-state index is 0.00555. The Morgan fingerprint density at radius 2 is 1.71 bits per heavy atom. The molecule has 0 radical (unpaired) electrons. The van der Waals surface area contributed by atoms with Crippen LogP contribution >= 0.6 is 0 Å². The molecule has 3 aromatic rings. The Hall–Kier alpha value is -2.84. The van der Waals surface area contributed by atoms with E-state index in [9.17, 15) is 23.1 Å². The van der Waals surface area contributed by atoms with Crippen LogP contribution in [0.2, 0.25) is 0 Å². The fraction of sp³-hybridized carbons (Fsp3) is 0.348. The van der Waals surface area contributed by atoms with Crippen LogP contribution in [0.15, 0.2) is 51.7 Å². The van der Waals surface area contributed by atoms with Crippen molar-refractivity contribution < 1.29 is 27.4 Å². The van der Waals surface area contributed by atoms with Crippen LogP contribution in [0, 0.1) is 0 Å². The van der Waals surface area contributed by atoms with Gasteiger partial charge in [0.2, 0.25) is 11.2 Å². The van der Waals surface area contributed by atoms with E-state index in [2.05, 4.69) is 0 Å². The first-order valence-electron chi connectivity index (χ1n) is 9.97. The highest BCUT2D eigenvalue weighted by Crippen LogP contribution is 2.39. The number of ether oxygens (including phenoxy) is 1. The second-order valence-corrected chi connectivity index (χ2v) is 7.89. The summed E-state index contributed by atoms with van der Waals surface area (Å²) < 4.78 is 52.8. The molecule has 1 saturated heterocycles. The van der Waals surface area contributed by atoms with Gasteiger partial charge in [0.05, 0.1) is 28.7 Å². The van der Waals surface area contributed by atoms with Gasteiger partial charge >= 0.3 is 6.18 Å². The summed E-state index contributed by atoms with van der Waals surface area (Å²) in [5.74, 6) is -1.59. The standard InChI is InChI=1S/C23H22F3NO4/c1-13-10-27(11-14(2)30-13)12-17-18(28)9-8-16-20(29)19(15-6-4-3-5-7-15)22(23(24,25)26)31-21(16)17/h3-9,13-14,28H,10-12H2,1-2H3/t13-,14-/m1/s1. The van der Waals surface area contributed by atoms with Crippen molar-refractivity contribution in [3.63, 3.8) is 0 Å². The number of aromatic hydroxyl groups is 1. The van der Waals surface area contributed by atoms with Gasteiger partial charge in [-0.05, 0) is 31.5 Å². The molecule has 1 N–H and O–H groups in total. The monoisotopic (exact) mass is 433 g/mol. The summed E-state index contributed by atoms with van der Waals surface area (Å²) in [4.78, 5) is 15.1. The molecule has 1 fully saturated rings. The molecule has 0 unspecified atom stereocenters. The number of hydrogen-bond acceptors (Lipinski definition) is 5. The van der Waals surface area contributed by atoms with Crippen LogP contribution in [-0.2, 0) is 17.5 Å². The number of hydrogen-bond donors (Lipinski definition) is 1. The number of benzene rings is 2. The first kappa shape index (κ1) is 21.4. The average molecular weight is 433 g/mol. The van der Waals surface area contributed by atoms with E-state index in [1.165, 1.54) is 24.3 Å². The van der Waals surface area contributed by atoms with Crippen molar-refractivity contribution in [2.45, 2.75) is 38.8 Å². The maximum atomic E-state index is 13.9. The van der Waals surface area contributed by atoms with Crippen molar-refractivity contribution in [1.29, 1.82) is 0 Å². The van der Waals surface area contributed by atoms with Gasteiger partial charge in [0, 0.05) is 19.6 Å². The van der Waals surface area contributed by atoms with Crippen LogP contribution < -0.4 is 5.43 Å². The van der Waals surface area contributed by atoms with Crippen molar-refractivity contribution in [2.75, 3.05) is 13.1 Å². The molecule has 31 heavy (non-hydrogen) atoms. The molecule has 5 nitrogen and oxygen atoms in total. The Morgan fingerprint density at radius 1 is 1.06 bits per heavy atom. The molecule has 8 heteroatoms. The summed E-state index contributed by atoms with van der Waals surface area (Å²) in [5, 5.41) is 10.4. The Bertz CT molecular complexity index is 1150. The van der Waals surface area contributed by atoms with Crippen molar-refractivity contribution in [1.82, 2.24) is 4.90 Å². The number of phenolic OH excluding ortho intramolecular Hbond substituents is 1. The number of morpholine rings is 1. The summed E-state index contributed by atoms with van der Waals surface area (Å²) in [6.45, 7) is 5.02. The topological polar surface area (TPSA) is 62.9 Å². The third kappa shape index (κ3) is 4.18. The first-order chi connectivity index (χ1) is 14.6. The van der Waals surface area contributed by atoms with Crippen molar-refractivity contribution >= 4 is 11.0 Å². The number of alkyl halides is 3. The maximum Gasteiger partial charge on any atom is 0.450 e. The summed E-state index contributed by atoms with van der Waals surface area (Å²) in [5.41, 5.74) is -1.30. The second kappa shape index (κ2) is 8.01. The molecule has 0 aliphatic carbocycles. The summed E-state index contributed by atoms with van der Waals surface area (Å²) in [6.07, 6.45) is -5.02. The Morgan fingerprint density at radius 3 is 2.32 bits per heavy atom. The van der Waals surface area contributed by atoms with Gasteiger partial charge in [-0.15, -0.1) is 0 Å². The highest BCUT2D eigenvalue weighted by atomic mass is 19.4. The zero-order valence-electron chi connectivity index (χ0n) is 17.1. The van der Waals surface area contributed by atoms with Crippen LogP contribution in [-0.4, -0.2) is 35.3 Å². The van der Waals surface area contributed by atoms with E-state index >= 15 is 0 Å². The molecule has 2 aromatic carbocycles. The van der Waals surface area contributed by atoms with Crippen molar-refractivity contribution in [3.05, 3.63) is 64.0 Å². The SMILES string of the molecule is C[C@@H]1CN(Cc2c(O)ccc3c(=O)c(-c4ccccc4)c(C(F)(F)F)oc23)C[C@@H](C)O1. The average Bonchev–Trinajstić information content (AvgIpc) is 2.69.